The van der Waals surface area contributed by atoms with Crippen LogP contribution in [0.1, 0.15) is 117 Å². The molecule has 1 amide bonds. The van der Waals surface area contributed by atoms with E-state index in [9.17, 15) is 35.1 Å². The van der Waals surface area contributed by atoms with Crippen LogP contribution in [0.25, 0.3) is 0 Å². The summed E-state index contributed by atoms with van der Waals surface area (Å²) in [6.45, 7) is 18.4. The molecule has 6 N–H and O–H groups in total. The third-order valence-corrected chi connectivity index (χ3v) is 14.2. The van der Waals surface area contributed by atoms with Crippen molar-refractivity contribution >= 4 is 11.9 Å². The number of benzene rings is 1. The van der Waals surface area contributed by atoms with Crippen molar-refractivity contribution in [1.82, 2.24) is 15.1 Å². The van der Waals surface area contributed by atoms with Crippen LogP contribution in [0.4, 0.5) is 0 Å². The molecule has 0 aliphatic carbocycles. The van der Waals surface area contributed by atoms with Gasteiger partial charge in [0.2, 0.25) is 0 Å². The van der Waals surface area contributed by atoms with Crippen LogP contribution < -0.4 is 5.32 Å². The number of esters is 1. The van der Waals surface area contributed by atoms with Gasteiger partial charge in [0.15, 0.2) is 12.6 Å². The quantitative estimate of drug-likeness (QED) is 0.131. The Morgan fingerprint density at radius 1 is 0.985 bits per heavy atom. The third-order valence-electron chi connectivity index (χ3n) is 14.2. The van der Waals surface area contributed by atoms with Gasteiger partial charge < -0.3 is 64.2 Å². The number of aliphatic hydroxyl groups is 5. The van der Waals surface area contributed by atoms with Crippen molar-refractivity contribution in [2.75, 3.05) is 40.8 Å². The topological polar surface area (TPSA) is 233 Å². The van der Waals surface area contributed by atoms with Gasteiger partial charge in [-0.3, -0.25) is 14.5 Å². The van der Waals surface area contributed by atoms with Crippen molar-refractivity contribution in [3.05, 3.63) is 35.4 Å². The number of nitriles is 1. The smallest absolute Gasteiger partial charge is 0.311 e. The fraction of sp³-hybridized carbons (Fsp3) is 0.812. The van der Waals surface area contributed by atoms with Crippen molar-refractivity contribution in [2.45, 2.75) is 192 Å². The van der Waals surface area contributed by atoms with E-state index in [1.54, 1.807) is 72.7 Å². The Hall–Kier alpha value is -2.83. The summed E-state index contributed by atoms with van der Waals surface area (Å²) in [5.41, 5.74) is -3.81. The van der Waals surface area contributed by atoms with Gasteiger partial charge in [0, 0.05) is 56.7 Å². The number of nitrogens with zero attached hydrogens (tertiary/aromatic N) is 3. The molecule has 3 aliphatic rings. The maximum atomic E-state index is 14.5. The van der Waals surface area contributed by atoms with E-state index in [1.807, 2.05) is 43.8 Å². The third kappa shape index (κ3) is 13.2. The number of hydrogen-bond donors (Lipinski definition) is 6. The largest absolute Gasteiger partial charge is 0.459 e. The molecule has 4 rings (SSSR count). The lowest BCUT2D eigenvalue weighted by Crippen LogP contribution is -2.60. The minimum Gasteiger partial charge on any atom is -0.459 e. The standard InChI is InChI=1S/C48H80N4O13/c1-14-36-48(10,59)40(54)31(6)52(21-15-20-50-43(56)34-18-16-33(25-49)17-19-34)26-27(2)23-46(8,58)42(65-45-38(53)35(51(11)12)22-28(3)61-45)29(4)39(30(5)44(57)63-36)64-37-24-47(9,60-13)41(55)32(7)62-37/h16-19,27-32,35-42,45,53-55,58-59H,14-15,20-24,26H2,1-13H3,(H,50,56)/t27-,28+,29+,30-,31-,32+,35-,36?,37+,38+,39+,40-,41+,42-,45-,46-,47-,48-/m1/s1. The van der Waals surface area contributed by atoms with E-state index in [2.05, 4.69) is 5.32 Å². The minimum atomic E-state index is -1.93. The molecular weight excluding hydrogens is 841 g/mol. The summed E-state index contributed by atoms with van der Waals surface area (Å²) < 4.78 is 38.0. The lowest BCUT2D eigenvalue weighted by atomic mass is 9.77. The summed E-state index contributed by atoms with van der Waals surface area (Å²) in [6, 6.07) is 7.35. The van der Waals surface area contributed by atoms with Gasteiger partial charge in [-0.1, -0.05) is 20.8 Å². The maximum absolute atomic E-state index is 14.5. The molecule has 370 valence electrons. The molecule has 1 aromatic carbocycles. The molecule has 3 aliphatic heterocycles. The van der Waals surface area contributed by atoms with Crippen LogP contribution in [-0.2, 0) is 33.2 Å². The van der Waals surface area contributed by atoms with Gasteiger partial charge in [-0.15, -0.1) is 0 Å². The number of methoxy groups -OCH3 is 1. The summed E-state index contributed by atoms with van der Waals surface area (Å²) in [4.78, 5) is 31.4. The number of likely N-dealkylation sites (N-methyl/N-ethyl adjacent to an activating group) is 1. The van der Waals surface area contributed by atoms with E-state index in [1.165, 1.54) is 14.0 Å². The fourth-order valence-corrected chi connectivity index (χ4v) is 10.2. The van der Waals surface area contributed by atoms with E-state index < -0.39 is 96.0 Å². The van der Waals surface area contributed by atoms with E-state index in [0.29, 0.717) is 37.1 Å². The first-order valence-electron chi connectivity index (χ1n) is 23.4. The zero-order valence-corrected chi connectivity index (χ0v) is 41.0. The molecule has 3 heterocycles. The Morgan fingerprint density at radius 2 is 1.63 bits per heavy atom. The van der Waals surface area contributed by atoms with Crippen LogP contribution in [-0.4, -0.2) is 178 Å². The van der Waals surface area contributed by atoms with Crippen LogP contribution in [0.2, 0.25) is 0 Å². The highest BCUT2D eigenvalue weighted by Crippen LogP contribution is 2.40. The van der Waals surface area contributed by atoms with E-state index >= 15 is 0 Å². The first-order chi connectivity index (χ1) is 30.3. The molecule has 0 spiro atoms. The molecule has 17 nitrogen and oxygen atoms in total. The first kappa shape index (κ1) is 54.8. The second-order valence-electron chi connectivity index (χ2n) is 20.0. The first-order valence-corrected chi connectivity index (χ1v) is 23.4. The summed E-state index contributed by atoms with van der Waals surface area (Å²) in [5.74, 6) is -3.22. The molecule has 3 fully saturated rings. The van der Waals surface area contributed by atoms with Crippen molar-refractivity contribution in [2.24, 2.45) is 17.8 Å². The highest BCUT2D eigenvalue weighted by atomic mass is 16.7. The SMILES string of the molecule is CCC1OC(=O)[C@H](C)[C@@H](O[C@H]2C[C@@](C)(OC)[C@@H](O)[C@H](C)O2)[C@H](C)[C@@H](O[C@H]2O[C@@H](C)C[C@@H](N(C)C)[C@@H]2O)[C@](C)(O)C[C@@H](C)CN(CCCNC(=O)c2ccc(C#N)cc2)[C@H](C)[C@@H](O)[C@]1(C)O. The van der Waals surface area contributed by atoms with Crippen LogP contribution >= 0.6 is 0 Å². The number of nitrogens with one attached hydrogen (secondary N) is 1. The van der Waals surface area contributed by atoms with Gasteiger partial charge in [0.05, 0.1) is 53.2 Å². The Bertz CT molecular complexity index is 1730. The predicted molar refractivity (Wildman–Crippen MR) is 241 cm³/mol. The van der Waals surface area contributed by atoms with E-state index in [0.717, 1.165) is 0 Å². The number of hydrogen-bond acceptors (Lipinski definition) is 16. The average Bonchev–Trinajstić information content (AvgIpc) is 3.25. The lowest BCUT2D eigenvalue weighted by molar-refractivity contribution is -0.318. The number of aliphatic hydroxyl groups excluding tert-OH is 3. The molecule has 0 aromatic heterocycles. The van der Waals surface area contributed by atoms with E-state index in [4.69, 9.17) is 33.7 Å². The molecular formula is C48H80N4O13. The summed E-state index contributed by atoms with van der Waals surface area (Å²) in [5, 5.41) is 71.8. The van der Waals surface area contributed by atoms with Crippen LogP contribution in [0.3, 0.4) is 0 Å². The number of cyclic esters (lactones) is 1. The second-order valence-corrected chi connectivity index (χ2v) is 20.0. The average molecular weight is 921 g/mol. The minimum absolute atomic E-state index is 0.0940. The molecule has 3 saturated heterocycles. The highest BCUT2D eigenvalue weighted by Gasteiger charge is 2.53. The van der Waals surface area contributed by atoms with Crippen molar-refractivity contribution < 1.29 is 63.5 Å². The van der Waals surface area contributed by atoms with Crippen LogP contribution in [0, 0.1) is 29.1 Å². The number of ether oxygens (including phenoxy) is 6. The molecule has 65 heavy (non-hydrogen) atoms. The van der Waals surface area contributed by atoms with Gasteiger partial charge in [-0.25, -0.2) is 0 Å². The number of carbonyl (C=O) groups is 2. The van der Waals surface area contributed by atoms with E-state index in [-0.39, 0.29) is 49.8 Å². The highest BCUT2D eigenvalue weighted by molar-refractivity contribution is 5.94. The van der Waals surface area contributed by atoms with Gasteiger partial charge in [0.25, 0.3) is 5.91 Å². The Kier molecular flexibility index (Phi) is 19.4. The molecule has 17 heteroatoms. The molecule has 0 saturated carbocycles. The fourth-order valence-electron chi connectivity index (χ4n) is 10.2. The summed E-state index contributed by atoms with van der Waals surface area (Å²) in [6.07, 6.45) is -8.68. The number of carbonyl (C=O) groups excluding carboxylic acids is 2. The normalized spacial score (nSPS) is 41.8. The number of amides is 1. The van der Waals surface area contributed by atoms with Gasteiger partial charge in [-0.05, 0) is 118 Å². The van der Waals surface area contributed by atoms with Gasteiger partial charge >= 0.3 is 5.97 Å². The zero-order chi connectivity index (χ0) is 48.8. The Morgan fingerprint density at radius 3 is 2.22 bits per heavy atom. The summed E-state index contributed by atoms with van der Waals surface area (Å²) >= 11 is 0. The Balaban J connectivity index is 1.76. The van der Waals surface area contributed by atoms with Crippen molar-refractivity contribution in [3.8, 4) is 6.07 Å². The number of rotatable bonds is 12. The molecule has 0 bridgehead atoms. The predicted octanol–water partition coefficient (Wildman–Crippen LogP) is 2.96. The molecule has 1 aromatic rings. The summed E-state index contributed by atoms with van der Waals surface area (Å²) in [7, 11) is 5.23. The zero-order valence-electron chi connectivity index (χ0n) is 41.0. The maximum Gasteiger partial charge on any atom is 0.311 e. The second kappa shape index (κ2) is 23.0. The monoisotopic (exact) mass is 921 g/mol. The van der Waals surface area contributed by atoms with Crippen LogP contribution in [0.5, 0.6) is 0 Å². The van der Waals surface area contributed by atoms with Gasteiger partial charge in [-0.2, -0.15) is 5.26 Å². The van der Waals surface area contributed by atoms with Crippen LogP contribution in [0.15, 0.2) is 24.3 Å². The lowest BCUT2D eigenvalue weighted by Gasteiger charge is -2.48. The Labute approximate surface area is 386 Å². The molecule has 0 radical (unpaired) electrons. The van der Waals surface area contributed by atoms with Gasteiger partial charge in [0.1, 0.15) is 30.0 Å². The molecule has 1 unspecified atom stereocenters. The van der Waals surface area contributed by atoms with Crippen molar-refractivity contribution in [3.63, 3.8) is 0 Å². The van der Waals surface area contributed by atoms with Crippen molar-refractivity contribution in [1.29, 1.82) is 5.26 Å². The molecule has 18 atom stereocenters.